The van der Waals surface area contributed by atoms with Crippen LogP contribution < -0.4 is 0 Å². The van der Waals surface area contributed by atoms with Gasteiger partial charge in [0.25, 0.3) is 0 Å². The Bertz CT molecular complexity index is 1300. The number of aromatic nitrogens is 3. The molecule has 0 N–H and O–H groups in total. The molecule has 0 aliphatic carbocycles. The molecule has 7 heteroatoms. The summed E-state index contributed by atoms with van der Waals surface area (Å²) in [4.78, 5) is 4.55. The van der Waals surface area contributed by atoms with Crippen molar-refractivity contribution in [2.24, 2.45) is 7.05 Å². The Kier molecular flexibility index (Phi) is 4.34. The summed E-state index contributed by atoms with van der Waals surface area (Å²) in [6.45, 7) is 2.94. The third-order valence-corrected chi connectivity index (χ3v) is 6.88. The topological polar surface area (TPSA) is 56.9 Å². The van der Waals surface area contributed by atoms with Crippen molar-refractivity contribution in [3.05, 3.63) is 71.9 Å². The van der Waals surface area contributed by atoms with E-state index < -0.39 is 16.5 Å². The third-order valence-electron chi connectivity index (χ3n) is 4.96. The lowest BCUT2D eigenvalue weighted by atomic mass is 10.1. The standard InChI is InChI=1S/C21H20FN3O2S/c1-14-9-17(25-11-15(2)23-13-25)7-8-19(14)28(26,27)20-12-24(3)18-6-4-5-16(10-22)21(18)20/h4-9,11-13H,10H2,1-3H3. The van der Waals surface area contributed by atoms with Crippen molar-refractivity contribution in [3.63, 3.8) is 0 Å². The average molecular weight is 397 g/mol. The normalized spacial score (nSPS) is 12.0. The number of hydrogen-bond donors (Lipinski definition) is 0. The van der Waals surface area contributed by atoms with Crippen LogP contribution in [0.1, 0.15) is 16.8 Å². The minimum atomic E-state index is -3.81. The molecule has 4 rings (SSSR count). The molecule has 0 unspecified atom stereocenters. The molecule has 0 aliphatic heterocycles. The first-order valence-electron chi connectivity index (χ1n) is 8.82. The van der Waals surface area contributed by atoms with Gasteiger partial charge in [0.15, 0.2) is 0 Å². The number of sulfone groups is 1. The maximum Gasteiger partial charge on any atom is 0.208 e. The molecule has 0 amide bonds. The van der Waals surface area contributed by atoms with Crippen LogP contribution >= 0.6 is 0 Å². The summed E-state index contributed by atoms with van der Waals surface area (Å²) in [5.74, 6) is 0. The summed E-state index contributed by atoms with van der Waals surface area (Å²) >= 11 is 0. The Labute approximate surface area is 163 Å². The van der Waals surface area contributed by atoms with Crippen LogP contribution in [0.5, 0.6) is 0 Å². The Hall–Kier alpha value is -2.93. The first-order valence-corrected chi connectivity index (χ1v) is 10.3. The van der Waals surface area contributed by atoms with Gasteiger partial charge in [0.1, 0.15) is 6.67 Å². The predicted molar refractivity (Wildman–Crippen MR) is 106 cm³/mol. The zero-order valence-electron chi connectivity index (χ0n) is 15.8. The van der Waals surface area contributed by atoms with Gasteiger partial charge in [0.2, 0.25) is 9.84 Å². The highest BCUT2D eigenvalue weighted by Crippen LogP contribution is 2.34. The van der Waals surface area contributed by atoms with Crippen molar-refractivity contribution >= 4 is 20.7 Å². The SMILES string of the molecule is Cc1cn(-c2ccc(S(=O)(=O)c3cn(C)c4cccc(CF)c34)c(C)c2)cn1. The Morgan fingerprint density at radius 1 is 1.07 bits per heavy atom. The number of benzene rings is 2. The van der Waals surface area contributed by atoms with Crippen LogP contribution in [-0.2, 0) is 23.6 Å². The second-order valence-electron chi connectivity index (χ2n) is 6.92. The zero-order chi connectivity index (χ0) is 20.1. The van der Waals surface area contributed by atoms with E-state index in [4.69, 9.17) is 0 Å². The number of halogens is 1. The highest BCUT2D eigenvalue weighted by molar-refractivity contribution is 7.91. The molecule has 0 bridgehead atoms. The van der Waals surface area contributed by atoms with E-state index in [1.54, 1.807) is 61.4 Å². The van der Waals surface area contributed by atoms with E-state index in [2.05, 4.69) is 4.98 Å². The van der Waals surface area contributed by atoms with Gasteiger partial charge >= 0.3 is 0 Å². The fraction of sp³-hybridized carbons (Fsp3) is 0.190. The first kappa shape index (κ1) is 18.4. The largest absolute Gasteiger partial charge is 0.349 e. The van der Waals surface area contributed by atoms with Crippen molar-refractivity contribution in [2.45, 2.75) is 30.3 Å². The summed E-state index contributed by atoms with van der Waals surface area (Å²) in [6, 6.07) is 10.3. The number of imidazole rings is 1. The van der Waals surface area contributed by atoms with Gasteiger partial charge in [-0.1, -0.05) is 12.1 Å². The maximum absolute atomic E-state index is 13.5. The van der Waals surface area contributed by atoms with Gasteiger partial charge < -0.3 is 9.13 Å². The van der Waals surface area contributed by atoms with Crippen molar-refractivity contribution in [3.8, 4) is 5.69 Å². The average Bonchev–Trinajstić information content (AvgIpc) is 3.25. The second-order valence-corrected chi connectivity index (χ2v) is 8.81. The quantitative estimate of drug-likeness (QED) is 0.516. The number of aryl methyl sites for hydroxylation is 3. The summed E-state index contributed by atoms with van der Waals surface area (Å²) < 4.78 is 44.0. The van der Waals surface area contributed by atoms with Crippen LogP contribution in [0, 0.1) is 13.8 Å². The maximum atomic E-state index is 13.5. The zero-order valence-corrected chi connectivity index (χ0v) is 16.7. The van der Waals surface area contributed by atoms with Crippen LogP contribution in [0.15, 0.2) is 64.9 Å². The van der Waals surface area contributed by atoms with Gasteiger partial charge in [-0.3, -0.25) is 0 Å². The molecule has 0 saturated heterocycles. The second kappa shape index (κ2) is 6.60. The molecular weight excluding hydrogens is 377 g/mol. The molecule has 0 atom stereocenters. The lowest BCUT2D eigenvalue weighted by Gasteiger charge is -2.10. The molecular formula is C21H20FN3O2S. The van der Waals surface area contributed by atoms with Crippen molar-refractivity contribution in [2.75, 3.05) is 0 Å². The molecule has 28 heavy (non-hydrogen) atoms. The highest BCUT2D eigenvalue weighted by Gasteiger charge is 2.26. The van der Waals surface area contributed by atoms with Gasteiger partial charge in [-0.05, 0) is 49.2 Å². The highest BCUT2D eigenvalue weighted by atomic mass is 32.2. The van der Waals surface area contributed by atoms with E-state index in [9.17, 15) is 12.8 Å². The van der Waals surface area contributed by atoms with Gasteiger partial charge in [-0.15, -0.1) is 0 Å². The number of rotatable bonds is 4. The van der Waals surface area contributed by atoms with E-state index in [0.717, 1.165) is 11.4 Å². The summed E-state index contributed by atoms with van der Waals surface area (Å²) in [7, 11) is -2.05. The monoisotopic (exact) mass is 397 g/mol. The molecule has 0 spiro atoms. The molecule has 2 aromatic heterocycles. The minimum absolute atomic E-state index is 0.132. The van der Waals surface area contributed by atoms with Crippen LogP contribution in [0.2, 0.25) is 0 Å². The van der Waals surface area contributed by atoms with Crippen molar-refractivity contribution < 1.29 is 12.8 Å². The van der Waals surface area contributed by atoms with E-state index >= 15 is 0 Å². The van der Waals surface area contributed by atoms with Crippen molar-refractivity contribution in [1.82, 2.24) is 14.1 Å². The Morgan fingerprint density at radius 2 is 1.86 bits per heavy atom. The number of fused-ring (bicyclic) bond motifs is 1. The van der Waals surface area contributed by atoms with Crippen LogP contribution in [0.25, 0.3) is 16.6 Å². The molecule has 144 valence electrons. The van der Waals surface area contributed by atoms with E-state index in [1.165, 1.54) is 0 Å². The molecule has 5 nitrogen and oxygen atoms in total. The van der Waals surface area contributed by atoms with E-state index in [-0.39, 0.29) is 9.79 Å². The van der Waals surface area contributed by atoms with Crippen molar-refractivity contribution in [1.29, 1.82) is 0 Å². The van der Waals surface area contributed by atoms with E-state index in [1.807, 2.05) is 23.8 Å². The molecule has 2 heterocycles. The molecule has 2 aromatic carbocycles. The van der Waals surface area contributed by atoms with Gasteiger partial charge in [0, 0.05) is 36.0 Å². The van der Waals surface area contributed by atoms with E-state index in [0.29, 0.717) is 22.0 Å². The van der Waals surface area contributed by atoms with Gasteiger partial charge in [0.05, 0.1) is 21.8 Å². The minimum Gasteiger partial charge on any atom is -0.349 e. The number of alkyl halides is 1. The van der Waals surface area contributed by atoms with Gasteiger partial charge in [-0.25, -0.2) is 17.8 Å². The smallest absolute Gasteiger partial charge is 0.208 e. The fourth-order valence-electron chi connectivity index (χ4n) is 3.57. The molecule has 4 aromatic rings. The predicted octanol–water partition coefficient (Wildman–Crippen LogP) is 4.28. The lowest BCUT2D eigenvalue weighted by molar-refractivity contribution is 0.487. The Morgan fingerprint density at radius 3 is 2.50 bits per heavy atom. The van der Waals surface area contributed by atoms with Crippen LogP contribution in [0.4, 0.5) is 4.39 Å². The number of nitrogens with zero attached hydrogens (tertiary/aromatic N) is 3. The van der Waals surface area contributed by atoms with Crippen LogP contribution in [0.3, 0.4) is 0 Å². The lowest BCUT2D eigenvalue weighted by Crippen LogP contribution is -2.05. The van der Waals surface area contributed by atoms with Gasteiger partial charge in [-0.2, -0.15) is 0 Å². The molecule has 0 fully saturated rings. The summed E-state index contributed by atoms with van der Waals surface area (Å²) in [5, 5.41) is 0.446. The van der Waals surface area contributed by atoms with Crippen LogP contribution in [-0.4, -0.2) is 22.5 Å². The molecule has 0 saturated carbocycles. The summed E-state index contributed by atoms with van der Waals surface area (Å²) in [6.07, 6.45) is 5.13. The Balaban J connectivity index is 1.89. The number of hydrogen-bond acceptors (Lipinski definition) is 3. The third kappa shape index (κ3) is 2.82. The molecule has 0 aliphatic rings. The molecule has 0 radical (unpaired) electrons. The first-order chi connectivity index (χ1) is 13.3. The summed E-state index contributed by atoms with van der Waals surface area (Å²) in [5.41, 5.74) is 3.40. The fourth-order valence-corrected chi connectivity index (χ4v) is 5.33.